The molecule has 0 amide bonds. The fraction of sp³-hybridized carbons (Fsp3) is 0.480. The van der Waals surface area contributed by atoms with Gasteiger partial charge in [0.1, 0.15) is 42.5 Å². The zero-order valence-corrected chi connectivity index (χ0v) is 19.8. The van der Waals surface area contributed by atoms with Crippen molar-refractivity contribution in [3.63, 3.8) is 0 Å². The van der Waals surface area contributed by atoms with Gasteiger partial charge >= 0.3 is 5.97 Å². The minimum atomic E-state index is -1.38. The molecule has 0 aromatic heterocycles. The maximum atomic E-state index is 12.2. The predicted octanol–water partition coefficient (Wildman–Crippen LogP) is 2.32. The first-order valence-electron chi connectivity index (χ1n) is 11.0. The van der Waals surface area contributed by atoms with E-state index in [1.165, 1.54) is 7.11 Å². The van der Waals surface area contributed by atoms with Crippen molar-refractivity contribution in [3.05, 3.63) is 59.7 Å². The van der Waals surface area contributed by atoms with E-state index in [1.807, 2.05) is 24.3 Å². The summed E-state index contributed by atoms with van der Waals surface area (Å²) < 4.78 is 32.8. The van der Waals surface area contributed by atoms with Crippen LogP contribution in [0, 0.1) is 0 Å². The van der Waals surface area contributed by atoms with Gasteiger partial charge in [0.05, 0.1) is 33.0 Å². The first-order valence-corrected chi connectivity index (χ1v) is 11.0. The lowest BCUT2D eigenvalue weighted by molar-refractivity contribution is -0.165. The van der Waals surface area contributed by atoms with Gasteiger partial charge in [-0.05, 0) is 55.8 Å². The van der Waals surface area contributed by atoms with Crippen LogP contribution in [0.3, 0.4) is 0 Å². The molecule has 9 heteroatoms. The average Bonchev–Trinajstić information content (AvgIpc) is 3.16. The van der Waals surface area contributed by atoms with E-state index in [4.69, 9.17) is 28.4 Å². The van der Waals surface area contributed by atoms with E-state index in [-0.39, 0.29) is 6.61 Å². The number of carbonyl (C=O) groups is 1. The molecule has 9 nitrogen and oxygen atoms in total. The van der Waals surface area contributed by atoms with Crippen LogP contribution < -0.4 is 9.47 Å². The molecule has 0 unspecified atom stereocenters. The smallest absolute Gasteiger partial charge is 0.338 e. The molecule has 1 heterocycles. The fourth-order valence-corrected chi connectivity index (χ4v) is 3.59. The fourth-order valence-electron chi connectivity index (χ4n) is 3.59. The Labute approximate surface area is 199 Å². The summed E-state index contributed by atoms with van der Waals surface area (Å²) in [6.07, 6.45) is -4.25. The number of hydrogen-bond acceptors (Lipinski definition) is 9. The summed E-state index contributed by atoms with van der Waals surface area (Å²) in [6, 6.07) is 13.8. The Morgan fingerprint density at radius 3 is 2.15 bits per heavy atom. The first kappa shape index (κ1) is 25.9. The van der Waals surface area contributed by atoms with Crippen molar-refractivity contribution >= 4 is 5.97 Å². The van der Waals surface area contributed by atoms with Crippen molar-refractivity contribution < 1.29 is 43.4 Å². The Morgan fingerprint density at radius 1 is 0.971 bits per heavy atom. The van der Waals surface area contributed by atoms with Gasteiger partial charge in [-0.15, -0.1) is 0 Å². The molecular weight excluding hydrogens is 444 g/mol. The van der Waals surface area contributed by atoms with Crippen LogP contribution in [0.5, 0.6) is 11.5 Å². The summed E-state index contributed by atoms with van der Waals surface area (Å²) in [5.41, 5.74) is 1.25. The van der Waals surface area contributed by atoms with Gasteiger partial charge < -0.3 is 38.6 Å². The second-order valence-electron chi connectivity index (χ2n) is 8.39. The Morgan fingerprint density at radius 2 is 1.56 bits per heavy atom. The predicted molar refractivity (Wildman–Crippen MR) is 122 cm³/mol. The van der Waals surface area contributed by atoms with Gasteiger partial charge in [-0.1, -0.05) is 12.1 Å². The van der Waals surface area contributed by atoms with E-state index in [0.717, 1.165) is 11.3 Å². The number of carbonyl (C=O) groups excluding carboxylic acids is 1. The molecule has 2 aromatic carbocycles. The molecule has 1 saturated heterocycles. The topological polar surface area (TPSA) is 113 Å². The summed E-state index contributed by atoms with van der Waals surface area (Å²) in [4.78, 5) is 12.2. The minimum Gasteiger partial charge on any atom is -0.497 e. The van der Waals surface area contributed by atoms with Gasteiger partial charge in [0.15, 0.2) is 5.79 Å². The highest BCUT2D eigenvalue weighted by Crippen LogP contribution is 2.31. The summed E-state index contributed by atoms with van der Waals surface area (Å²) in [6.45, 7) is 3.48. The van der Waals surface area contributed by atoms with E-state index >= 15 is 0 Å². The summed E-state index contributed by atoms with van der Waals surface area (Å²) in [7, 11) is 3.13. The number of methoxy groups -OCH3 is 2. The van der Waals surface area contributed by atoms with Crippen molar-refractivity contribution in [2.24, 2.45) is 0 Å². The highest BCUT2D eigenvalue weighted by molar-refractivity contribution is 5.89. The third kappa shape index (κ3) is 6.91. The molecule has 0 saturated carbocycles. The van der Waals surface area contributed by atoms with E-state index in [0.29, 0.717) is 17.9 Å². The van der Waals surface area contributed by atoms with Gasteiger partial charge in [0.2, 0.25) is 0 Å². The molecule has 1 aliphatic rings. The Bertz CT molecular complexity index is 911. The van der Waals surface area contributed by atoms with Crippen molar-refractivity contribution in [1.29, 1.82) is 0 Å². The summed E-state index contributed by atoms with van der Waals surface area (Å²) in [5.74, 6) is -0.243. The third-order valence-electron chi connectivity index (χ3n) is 5.37. The number of hydrogen-bond donors (Lipinski definition) is 2. The second kappa shape index (κ2) is 11.6. The lowest BCUT2D eigenvalue weighted by Gasteiger charge is -2.26. The molecule has 186 valence electrons. The van der Waals surface area contributed by atoms with Crippen LogP contribution in [0.15, 0.2) is 48.5 Å². The maximum absolute atomic E-state index is 12.2. The quantitative estimate of drug-likeness (QED) is 0.472. The highest BCUT2D eigenvalue weighted by atomic mass is 16.8. The number of aliphatic hydroxyl groups is 2. The van der Waals surface area contributed by atoms with Crippen LogP contribution >= 0.6 is 0 Å². The first-order chi connectivity index (χ1) is 16.2. The van der Waals surface area contributed by atoms with Crippen LogP contribution in [-0.4, -0.2) is 73.8 Å². The second-order valence-corrected chi connectivity index (χ2v) is 8.39. The molecule has 2 N–H and O–H groups in total. The Balaban J connectivity index is 1.52. The van der Waals surface area contributed by atoms with Gasteiger partial charge in [-0.2, -0.15) is 0 Å². The maximum Gasteiger partial charge on any atom is 0.338 e. The van der Waals surface area contributed by atoms with E-state index in [1.54, 1.807) is 45.2 Å². The Kier molecular flexibility index (Phi) is 8.87. The van der Waals surface area contributed by atoms with Crippen molar-refractivity contribution in [2.75, 3.05) is 27.4 Å². The SMILES string of the molecule is COc1ccc(COC[C@H]2OC(C)(C)O[C@@H]2[C@@H](O)[C@H](O)COC(=O)c2ccc(OC)cc2)cc1. The molecule has 0 bridgehead atoms. The molecule has 4 atom stereocenters. The van der Waals surface area contributed by atoms with Gasteiger partial charge in [-0.25, -0.2) is 4.79 Å². The molecule has 34 heavy (non-hydrogen) atoms. The van der Waals surface area contributed by atoms with E-state index < -0.39 is 42.8 Å². The number of ether oxygens (including phenoxy) is 6. The minimum absolute atomic E-state index is 0.134. The monoisotopic (exact) mass is 476 g/mol. The number of benzene rings is 2. The lowest BCUT2D eigenvalue weighted by atomic mass is 10.0. The van der Waals surface area contributed by atoms with Gasteiger partial charge in [-0.3, -0.25) is 0 Å². The van der Waals surface area contributed by atoms with Gasteiger partial charge in [0.25, 0.3) is 0 Å². The van der Waals surface area contributed by atoms with Crippen molar-refractivity contribution in [2.45, 2.75) is 50.7 Å². The van der Waals surface area contributed by atoms with E-state index in [9.17, 15) is 15.0 Å². The lowest BCUT2D eigenvalue weighted by Crippen LogP contribution is -2.46. The van der Waals surface area contributed by atoms with Crippen LogP contribution in [-0.2, 0) is 25.6 Å². The normalized spacial score (nSPS) is 21.0. The van der Waals surface area contributed by atoms with Gasteiger partial charge in [0, 0.05) is 0 Å². The van der Waals surface area contributed by atoms with Crippen LogP contribution in [0.1, 0.15) is 29.8 Å². The van der Waals surface area contributed by atoms with Crippen molar-refractivity contribution in [3.8, 4) is 11.5 Å². The van der Waals surface area contributed by atoms with Crippen LogP contribution in [0.25, 0.3) is 0 Å². The number of rotatable bonds is 11. The molecule has 0 radical (unpaired) electrons. The summed E-state index contributed by atoms with van der Waals surface area (Å²) >= 11 is 0. The molecule has 1 fully saturated rings. The molecule has 0 aliphatic carbocycles. The molecule has 1 aliphatic heterocycles. The molecule has 0 spiro atoms. The average molecular weight is 477 g/mol. The molecule has 2 aromatic rings. The number of esters is 1. The third-order valence-corrected chi connectivity index (χ3v) is 5.37. The molecule has 3 rings (SSSR count). The number of aliphatic hydroxyl groups excluding tert-OH is 2. The standard InChI is InChI=1S/C25H32O9/c1-25(2)33-21(15-31-13-16-5-9-18(29-3)10-6-16)23(34-25)22(27)20(26)14-32-24(28)17-7-11-19(30-4)12-8-17/h5-12,20-23,26-27H,13-15H2,1-4H3/t20-,21-,22+,23+/m1/s1. The zero-order chi connectivity index (χ0) is 24.7. The van der Waals surface area contributed by atoms with Crippen LogP contribution in [0.2, 0.25) is 0 Å². The van der Waals surface area contributed by atoms with Crippen molar-refractivity contribution in [1.82, 2.24) is 0 Å². The summed E-state index contributed by atoms with van der Waals surface area (Å²) in [5, 5.41) is 21.2. The van der Waals surface area contributed by atoms with Crippen LogP contribution in [0.4, 0.5) is 0 Å². The molecular formula is C25H32O9. The zero-order valence-electron chi connectivity index (χ0n) is 19.8. The highest BCUT2D eigenvalue weighted by Gasteiger charge is 2.47. The Hall–Kier alpha value is -2.69. The van der Waals surface area contributed by atoms with E-state index in [2.05, 4.69) is 0 Å². The largest absolute Gasteiger partial charge is 0.497 e.